The molecule has 0 aliphatic carbocycles. The summed E-state index contributed by atoms with van der Waals surface area (Å²) >= 11 is 0. The van der Waals surface area contributed by atoms with E-state index >= 15 is 0 Å². The van der Waals surface area contributed by atoms with Gasteiger partial charge in [-0.1, -0.05) is 44.2 Å². The van der Waals surface area contributed by atoms with E-state index in [2.05, 4.69) is 26.0 Å². The number of hydrogen-bond acceptors (Lipinski definition) is 2. The summed E-state index contributed by atoms with van der Waals surface area (Å²) in [7, 11) is 0. The van der Waals surface area contributed by atoms with Gasteiger partial charge >= 0.3 is 5.97 Å². The van der Waals surface area contributed by atoms with Crippen LogP contribution < -0.4 is 0 Å². The fraction of sp³-hybridized carbons (Fsp3) is 0.200. The third-order valence-electron chi connectivity index (χ3n) is 4.01. The molecule has 23 heavy (non-hydrogen) atoms. The summed E-state index contributed by atoms with van der Waals surface area (Å²) in [6.07, 6.45) is 0.767. The highest BCUT2D eigenvalue weighted by Crippen LogP contribution is 2.24. The lowest BCUT2D eigenvalue weighted by Crippen LogP contribution is -1.99. The fourth-order valence-corrected chi connectivity index (χ4v) is 2.70. The van der Waals surface area contributed by atoms with Gasteiger partial charge in [0.25, 0.3) is 0 Å². The maximum absolute atomic E-state index is 11.0. The van der Waals surface area contributed by atoms with Crippen LogP contribution in [0.3, 0.4) is 0 Å². The van der Waals surface area contributed by atoms with E-state index in [0.29, 0.717) is 11.5 Å². The molecule has 0 fully saturated rings. The zero-order chi connectivity index (χ0) is 16.4. The van der Waals surface area contributed by atoms with Crippen LogP contribution in [0, 0.1) is 0 Å². The van der Waals surface area contributed by atoms with Gasteiger partial charge in [-0.25, -0.2) is 4.79 Å². The lowest BCUT2D eigenvalue weighted by atomic mass is 9.97. The van der Waals surface area contributed by atoms with E-state index in [1.807, 2.05) is 30.3 Å². The zero-order valence-corrected chi connectivity index (χ0v) is 13.3. The molecule has 2 aromatic carbocycles. The predicted octanol–water partition coefficient (Wildman–Crippen LogP) is 4.65. The van der Waals surface area contributed by atoms with Crippen LogP contribution in [0.1, 0.15) is 46.9 Å². The number of para-hydroxylation sites is 1. The van der Waals surface area contributed by atoms with Crippen LogP contribution in [-0.4, -0.2) is 16.1 Å². The minimum Gasteiger partial charge on any atom is -0.478 e. The van der Waals surface area contributed by atoms with E-state index in [1.54, 1.807) is 12.1 Å². The third-order valence-corrected chi connectivity index (χ3v) is 4.01. The van der Waals surface area contributed by atoms with Crippen LogP contribution >= 0.6 is 0 Å². The van der Waals surface area contributed by atoms with Gasteiger partial charge in [0.15, 0.2) is 0 Å². The molecule has 3 nitrogen and oxygen atoms in total. The first-order valence-electron chi connectivity index (χ1n) is 7.75. The number of aromatic carboxylic acids is 1. The van der Waals surface area contributed by atoms with Gasteiger partial charge in [0, 0.05) is 11.1 Å². The molecule has 1 N–H and O–H groups in total. The first-order chi connectivity index (χ1) is 11.0. The van der Waals surface area contributed by atoms with Gasteiger partial charge in [-0.2, -0.15) is 0 Å². The first-order valence-corrected chi connectivity index (χ1v) is 7.75. The van der Waals surface area contributed by atoms with Crippen LogP contribution in [0.5, 0.6) is 0 Å². The molecule has 1 aromatic heterocycles. The highest BCUT2D eigenvalue weighted by atomic mass is 16.4. The van der Waals surface area contributed by atoms with E-state index in [-0.39, 0.29) is 0 Å². The minimum atomic E-state index is -0.895. The molecule has 1 heterocycles. The molecule has 3 aromatic rings. The lowest BCUT2D eigenvalue weighted by molar-refractivity contribution is 0.0697. The second-order valence-electron chi connectivity index (χ2n) is 6.06. The summed E-state index contributed by atoms with van der Waals surface area (Å²) in [5, 5.41) is 10.1. The number of hydrogen-bond donors (Lipinski definition) is 1. The molecule has 116 valence electrons. The van der Waals surface area contributed by atoms with Crippen molar-refractivity contribution in [2.45, 2.75) is 26.2 Å². The van der Waals surface area contributed by atoms with Crippen LogP contribution in [0.25, 0.3) is 10.9 Å². The number of fused-ring (bicyclic) bond motifs is 1. The van der Waals surface area contributed by atoms with Crippen molar-refractivity contribution in [2.75, 3.05) is 0 Å². The molecule has 0 spiro atoms. The molecule has 0 aliphatic heterocycles. The smallest absolute Gasteiger partial charge is 0.335 e. The molecule has 3 rings (SSSR count). The number of carbonyl (C=O) groups is 1. The van der Waals surface area contributed by atoms with Crippen molar-refractivity contribution in [1.29, 1.82) is 0 Å². The maximum Gasteiger partial charge on any atom is 0.335 e. The molecular formula is C20H19NO2. The van der Waals surface area contributed by atoms with E-state index in [4.69, 9.17) is 10.1 Å². The van der Waals surface area contributed by atoms with Gasteiger partial charge in [-0.15, -0.1) is 0 Å². The topological polar surface area (TPSA) is 50.2 Å². The van der Waals surface area contributed by atoms with Gasteiger partial charge in [0.05, 0.1) is 11.1 Å². The molecule has 0 bridgehead atoms. The summed E-state index contributed by atoms with van der Waals surface area (Å²) in [6, 6.07) is 17.4. The lowest BCUT2D eigenvalue weighted by Gasteiger charge is -2.12. The summed E-state index contributed by atoms with van der Waals surface area (Å²) in [5.41, 5.74) is 4.73. The Hall–Kier alpha value is -2.68. The molecule has 0 saturated heterocycles. The molecule has 0 aliphatic rings. The average Bonchev–Trinajstić information content (AvgIpc) is 2.55. The predicted molar refractivity (Wildman–Crippen MR) is 92.0 cm³/mol. The Morgan fingerprint density at radius 1 is 1.09 bits per heavy atom. The molecular weight excluding hydrogens is 286 g/mol. The van der Waals surface area contributed by atoms with Crippen molar-refractivity contribution in [3.8, 4) is 0 Å². The molecule has 0 unspecified atom stereocenters. The maximum atomic E-state index is 11.0. The van der Waals surface area contributed by atoms with Crippen molar-refractivity contribution in [3.05, 3.63) is 77.0 Å². The Morgan fingerprint density at radius 2 is 1.78 bits per heavy atom. The van der Waals surface area contributed by atoms with E-state index in [1.165, 1.54) is 5.56 Å². The van der Waals surface area contributed by atoms with Crippen LogP contribution in [-0.2, 0) is 6.42 Å². The van der Waals surface area contributed by atoms with Gasteiger partial charge in [-0.3, -0.25) is 4.98 Å². The number of carboxylic acids is 1. The minimum absolute atomic E-state index is 0.316. The second kappa shape index (κ2) is 6.21. The SMILES string of the molecule is CC(C)c1cc(Cc2ccc(C(=O)O)cc2)c2ccccc2n1. The van der Waals surface area contributed by atoms with Gasteiger partial charge in [0.2, 0.25) is 0 Å². The Morgan fingerprint density at radius 3 is 2.43 bits per heavy atom. The Labute approximate surface area is 135 Å². The third kappa shape index (κ3) is 3.24. The molecule has 3 heteroatoms. The van der Waals surface area contributed by atoms with E-state index < -0.39 is 5.97 Å². The fourth-order valence-electron chi connectivity index (χ4n) is 2.70. The van der Waals surface area contributed by atoms with Crippen LogP contribution in [0.15, 0.2) is 54.6 Å². The van der Waals surface area contributed by atoms with Crippen LogP contribution in [0.2, 0.25) is 0 Å². The Kier molecular flexibility index (Phi) is 4.11. The van der Waals surface area contributed by atoms with E-state index in [0.717, 1.165) is 28.6 Å². The number of pyridine rings is 1. The van der Waals surface area contributed by atoms with E-state index in [9.17, 15) is 4.79 Å². The van der Waals surface area contributed by atoms with Crippen LogP contribution in [0.4, 0.5) is 0 Å². The molecule has 0 atom stereocenters. The number of carboxylic acid groups (broad SMARTS) is 1. The number of benzene rings is 2. The molecule has 0 amide bonds. The summed E-state index contributed by atoms with van der Waals surface area (Å²) in [4.78, 5) is 15.7. The summed E-state index contributed by atoms with van der Waals surface area (Å²) in [6.45, 7) is 4.28. The highest BCUT2D eigenvalue weighted by Gasteiger charge is 2.09. The zero-order valence-electron chi connectivity index (χ0n) is 13.3. The van der Waals surface area contributed by atoms with Gasteiger partial charge < -0.3 is 5.11 Å². The Balaban J connectivity index is 2.02. The van der Waals surface area contributed by atoms with Gasteiger partial charge in [0.1, 0.15) is 0 Å². The van der Waals surface area contributed by atoms with Gasteiger partial charge in [-0.05, 0) is 47.7 Å². The largest absolute Gasteiger partial charge is 0.478 e. The highest BCUT2D eigenvalue weighted by molar-refractivity contribution is 5.87. The standard InChI is InChI=1S/C20H19NO2/c1-13(2)19-12-16(17-5-3-4-6-18(17)21-19)11-14-7-9-15(10-8-14)20(22)23/h3-10,12-13H,11H2,1-2H3,(H,22,23). The quantitative estimate of drug-likeness (QED) is 0.763. The number of nitrogens with zero attached hydrogens (tertiary/aromatic N) is 1. The summed E-state index contributed by atoms with van der Waals surface area (Å²) in [5.74, 6) is -0.527. The molecule has 0 saturated carbocycles. The molecule has 0 radical (unpaired) electrons. The first kappa shape index (κ1) is 15.2. The number of aromatic nitrogens is 1. The van der Waals surface area contributed by atoms with Crippen molar-refractivity contribution in [1.82, 2.24) is 4.98 Å². The monoisotopic (exact) mass is 305 g/mol. The average molecular weight is 305 g/mol. The number of rotatable bonds is 4. The van der Waals surface area contributed by atoms with Crippen molar-refractivity contribution in [2.24, 2.45) is 0 Å². The van der Waals surface area contributed by atoms with Crippen molar-refractivity contribution in [3.63, 3.8) is 0 Å². The second-order valence-corrected chi connectivity index (χ2v) is 6.06. The Bertz CT molecular complexity index is 851. The van der Waals surface area contributed by atoms with Crippen molar-refractivity contribution < 1.29 is 9.90 Å². The normalized spacial score (nSPS) is 11.1. The summed E-state index contributed by atoms with van der Waals surface area (Å²) < 4.78 is 0. The van der Waals surface area contributed by atoms with Crippen molar-refractivity contribution >= 4 is 16.9 Å².